The maximum Gasteiger partial charge on any atom is 0.271 e. The molecule has 0 atom stereocenters. The van der Waals surface area contributed by atoms with E-state index in [0.717, 1.165) is 16.5 Å². The normalized spacial score (nSPS) is 14.5. The molecule has 106 valence electrons. The number of hydrogen-bond acceptors (Lipinski definition) is 4. The lowest BCUT2D eigenvalue weighted by Crippen LogP contribution is -2.32. The van der Waals surface area contributed by atoms with Crippen LogP contribution in [0.25, 0.3) is 10.9 Å². The fourth-order valence-corrected chi connectivity index (χ4v) is 2.27. The van der Waals surface area contributed by atoms with E-state index in [-0.39, 0.29) is 18.2 Å². The summed E-state index contributed by atoms with van der Waals surface area (Å²) >= 11 is 0. The second kappa shape index (κ2) is 5.32. The summed E-state index contributed by atoms with van der Waals surface area (Å²) in [7, 11) is 0. The van der Waals surface area contributed by atoms with Crippen molar-refractivity contribution in [1.82, 2.24) is 10.4 Å². The highest BCUT2D eigenvalue weighted by Gasteiger charge is 2.19. The molecule has 2 amide bonds. The zero-order chi connectivity index (χ0) is 14.8. The Morgan fingerprint density at radius 3 is 2.95 bits per heavy atom. The maximum atomic E-state index is 12.2. The molecule has 21 heavy (non-hydrogen) atoms. The van der Waals surface area contributed by atoms with Gasteiger partial charge in [-0.15, -0.1) is 0 Å². The number of rotatable bonds is 2. The van der Waals surface area contributed by atoms with E-state index in [9.17, 15) is 9.59 Å². The van der Waals surface area contributed by atoms with E-state index < -0.39 is 0 Å². The molecule has 0 saturated carbocycles. The van der Waals surface area contributed by atoms with Crippen LogP contribution < -0.4 is 10.7 Å². The van der Waals surface area contributed by atoms with Crippen molar-refractivity contribution >= 4 is 34.1 Å². The van der Waals surface area contributed by atoms with Crippen molar-refractivity contribution in [2.45, 2.75) is 19.8 Å². The lowest BCUT2D eigenvalue weighted by Gasteiger charge is -2.13. The van der Waals surface area contributed by atoms with Gasteiger partial charge in [0.1, 0.15) is 5.71 Å². The molecule has 0 bridgehead atoms. The molecule has 0 radical (unpaired) electrons. The molecule has 1 aliphatic heterocycles. The van der Waals surface area contributed by atoms with Gasteiger partial charge in [0.15, 0.2) is 0 Å². The Morgan fingerprint density at radius 1 is 1.33 bits per heavy atom. The molecule has 1 aromatic heterocycles. The van der Waals surface area contributed by atoms with Gasteiger partial charge < -0.3 is 5.32 Å². The zero-order valence-corrected chi connectivity index (χ0v) is 11.5. The first-order chi connectivity index (χ1) is 10.1. The van der Waals surface area contributed by atoms with Crippen LogP contribution in [0.2, 0.25) is 0 Å². The van der Waals surface area contributed by atoms with E-state index in [1.807, 2.05) is 31.2 Å². The summed E-state index contributed by atoms with van der Waals surface area (Å²) < 4.78 is 0. The number of fused-ring (bicyclic) bond motifs is 1. The van der Waals surface area contributed by atoms with E-state index in [4.69, 9.17) is 0 Å². The molecule has 0 spiro atoms. The standard InChI is InChI=1S/C15H14N4O2/c1-9-7-10-3-2-6-16-14(10)12(8-9)17-15(21)11-4-5-13(20)19-18-11/h2-3,6-8H,4-5H2,1H3,(H,17,21)(H,19,20). The van der Waals surface area contributed by atoms with Gasteiger partial charge in [-0.1, -0.05) is 6.07 Å². The van der Waals surface area contributed by atoms with Gasteiger partial charge in [-0.25, -0.2) is 5.43 Å². The highest BCUT2D eigenvalue weighted by atomic mass is 16.2. The summed E-state index contributed by atoms with van der Waals surface area (Å²) in [5.41, 5.74) is 5.05. The Balaban J connectivity index is 1.91. The molecule has 0 unspecified atom stereocenters. The van der Waals surface area contributed by atoms with E-state index in [2.05, 4.69) is 20.8 Å². The highest BCUT2D eigenvalue weighted by molar-refractivity contribution is 6.44. The monoisotopic (exact) mass is 282 g/mol. The lowest BCUT2D eigenvalue weighted by molar-refractivity contribution is -0.121. The molecule has 2 aromatic rings. The third kappa shape index (κ3) is 2.74. The zero-order valence-electron chi connectivity index (χ0n) is 11.5. The topological polar surface area (TPSA) is 83.5 Å². The number of benzene rings is 1. The minimum Gasteiger partial charge on any atom is -0.319 e. The fraction of sp³-hybridized carbons (Fsp3) is 0.200. The van der Waals surface area contributed by atoms with Gasteiger partial charge in [0.05, 0.1) is 11.2 Å². The van der Waals surface area contributed by atoms with E-state index in [1.165, 1.54) is 0 Å². The highest BCUT2D eigenvalue weighted by Crippen LogP contribution is 2.23. The van der Waals surface area contributed by atoms with Crippen molar-refractivity contribution in [3.63, 3.8) is 0 Å². The molecule has 0 fully saturated rings. The number of hydrazone groups is 1. The van der Waals surface area contributed by atoms with Crippen LogP contribution in [-0.4, -0.2) is 22.5 Å². The van der Waals surface area contributed by atoms with Crippen LogP contribution in [-0.2, 0) is 9.59 Å². The van der Waals surface area contributed by atoms with Crippen LogP contribution >= 0.6 is 0 Å². The van der Waals surface area contributed by atoms with Crippen LogP contribution in [0.1, 0.15) is 18.4 Å². The largest absolute Gasteiger partial charge is 0.319 e. The molecule has 1 aromatic carbocycles. The Labute approximate surface area is 121 Å². The number of anilines is 1. The van der Waals surface area contributed by atoms with Gasteiger partial charge >= 0.3 is 0 Å². The van der Waals surface area contributed by atoms with E-state index in [0.29, 0.717) is 17.8 Å². The third-order valence-corrected chi connectivity index (χ3v) is 3.26. The van der Waals surface area contributed by atoms with Crippen molar-refractivity contribution in [2.75, 3.05) is 5.32 Å². The van der Waals surface area contributed by atoms with Crippen molar-refractivity contribution in [2.24, 2.45) is 5.10 Å². The number of pyridine rings is 1. The van der Waals surface area contributed by atoms with Crippen LogP contribution in [0.4, 0.5) is 5.69 Å². The summed E-state index contributed by atoms with van der Waals surface area (Å²) in [6, 6.07) is 7.68. The minimum absolute atomic E-state index is 0.172. The summed E-state index contributed by atoms with van der Waals surface area (Å²) in [6.07, 6.45) is 2.31. The predicted octanol–water partition coefficient (Wildman–Crippen LogP) is 1.75. The van der Waals surface area contributed by atoms with Crippen molar-refractivity contribution in [3.8, 4) is 0 Å². The van der Waals surface area contributed by atoms with Crippen LogP contribution in [0.3, 0.4) is 0 Å². The van der Waals surface area contributed by atoms with Crippen LogP contribution in [0.5, 0.6) is 0 Å². The number of carbonyl (C=O) groups is 2. The Bertz CT molecular complexity index is 767. The number of nitrogens with one attached hydrogen (secondary N) is 2. The van der Waals surface area contributed by atoms with Gasteiger partial charge in [-0.3, -0.25) is 14.6 Å². The summed E-state index contributed by atoms with van der Waals surface area (Å²) in [5.74, 6) is -0.484. The number of carbonyl (C=O) groups excluding carboxylic acids is 2. The van der Waals surface area contributed by atoms with Gasteiger partial charge in [0.2, 0.25) is 5.91 Å². The quantitative estimate of drug-likeness (QED) is 0.880. The van der Waals surface area contributed by atoms with Gasteiger partial charge in [-0.2, -0.15) is 5.10 Å². The molecular formula is C15H14N4O2. The van der Waals surface area contributed by atoms with Crippen LogP contribution in [0.15, 0.2) is 35.6 Å². The minimum atomic E-state index is -0.312. The average Bonchev–Trinajstić information content (AvgIpc) is 2.47. The van der Waals surface area contributed by atoms with Crippen LogP contribution in [0, 0.1) is 6.92 Å². The molecule has 2 heterocycles. The van der Waals surface area contributed by atoms with Crippen molar-refractivity contribution in [1.29, 1.82) is 0 Å². The molecule has 3 rings (SSSR count). The smallest absolute Gasteiger partial charge is 0.271 e. The summed E-state index contributed by atoms with van der Waals surface area (Å²) in [4.78, 5) is 27.6. The lowest BCUT2D eigenvalue weighted by atomic mass is 10.1. The Kier molecular flexibility index (Phi) is 3.35. The molecular weight excluding hydrogens is 268 g/mol. The SMILES string of the molecule is Cc1cc(NC(=O)C2=NNC(=O)CC2)c2ncccc2c1. The number of aromatic nitrogens is 1. The maximum absolute atomic E-state index is 12.2. The Morgan fingerprint density at radius 2 is 2.19 bits per heavy atom. The van der Waals surface area contributed by atoms with Gasteiger partial charge in [0, 0.05) is 24.4 Å². The van der Waals surface area contributed by atoms with Crippen molar-refractivity contribution in [3.05, 3.63) is 36.0 Å². The van der Waals surface area contributed by atoms with Gasteiger partial charge in [0.25, 0.3) is 5.91 Å². The number of hydrogen-bond donors (Lipinski definition) is 2. The molecule has 2 N–H and O–H groups in total. The predicted molar refractivity (Wildman–Crippen MR) is 79.9 cm³/mol. The third-order valence-electron chi connectivity index (χ3n) is 3.26. The van der Waals surface area contributed by atoms with E-state index >= 15 is 0 Å². The fourth-order valence-electron chi connectivity index (χ4n) is 2.27. The molecule has 0 aliphatic carbocycles. The van der Waals surface area contributed by atoms with E-state index in [1.54, 1.807) is 6.20 Å². The number of nitrogens with zero attached hydrogens (tertiary/aromatic N) is 2. The summed E-state index contributed by atoms with van der Waals surface area (Å²) in [6.45, 7) is 1.96. The first kappa shape index (κ1) is 13.2. The second-order valence-corrected chi connectivity index (χ2v) is 4.94. The Hall–Kier alpha value is -2.76. The molecule has 6 nitrogen and oxygen atoms in total. The van der Waals surface area contributed by atoms with Crippen molar-refractivity contribution < 1.29 is 9.59 Å². The first-order valence-corrected chi connectivity index (χ1v) is 6.65. The average molecular weight is 282 g/mol. The first-order valence-electron chi connectivity index (χ1n) is 6.65. The molecule has 1 aliphatic rings. The molecule has 0 saturated heterocycles. The summed E-state index contributed by atoms with van der Waals surface area (Å²) in [5, 5.41) is 7.59. The number of amides is 2. The second-order valence-electron chi connectivity index (χ2n) is 4.94. The number of aryl methyl sites for hydroxylation is 1. The molecule has 6 heteroatoms. The van der Waals surface area contributed by atoms with Gasteiger partial charge in [-0.05, 0) is 30.7 Å².